The molecule has 1 aromatic heterocycles. The second-order valence-corrected chi connectivity index (χ2v) is 6.06. The van der Waals surface area contributed by atoms with Crippen molar-refractivity contribution >= 4 is 17.5 Å². The van der Waals surface area contributed by atoms with E-state index in [0.717, 1.165) is 18.8 Å². The van der Waals surface area contributed by atoms with Crippen LogP contribution in [0.4, 0.5) is 11.6 Å². The van der Waals surface area contributed by atoms with Gasteiger partial charge in [0.25, 0.3) is 5.91 Å². The smallest absolute Gasteiger partial charge is 0.272 e. The highest BCUT2D eigenvalue weighted by Crippen LogP contribution is 2.30. The summed E-state index contributed by atoms with van der Waals surface area (Å²) in [7, 11) is 5.21. The minimum absolute atomic E-state index is 0.0733. The number of likely N-dealkylation sites (N-methyl/N-ethyl adjacent to an activating group) is 1. The van der Waals surface area contributed by atoms with E-state index in [-0.39, 0.29) is 5.91 Å². The summed E-state index contributed by atoms with van der Waals surface area (Å²) in [6.45, 7) is 3.15. The molecule has 0 atom stereocenters. The molecule has 1 amide bonds. The monoisotopic (exact) mass is 357 g/mol. The third-order valence-electron chi connectivity index (χ3n) is 4.30. The number of amides is 1. The van der Waals surface area contributed by atoms with E-state index in [0.29, 0.717) is 36.2 Å². The fourth-order valence-electron chi connectivity index (χ4n) is 2.75. The van der Waals surface area contributed by atoms with Crippen molar-refractivity contribution in [2.24, 2.45) is 0 Å². The Kier molecular flexibility index (Phi) is 5.52. The van der Waals surface area contributed by atoms with E-state index in [4.69, 9.17) is 9.47 Å². The third-order valence-corrected chi connectivity index (χ3v) is 4.30. The third kappa shape index (κ3) is 4.02. The SMILES string of the molecule is COc1ccc(Nc2nccc(C(=O)N3CCN(C)CC3)n2)cc1OC. The lowest BCUT2D eigenvalue weighted by atomic mass is 10.2. The quantitative estimate of drug-likeness (QED) is 0.871. The molecule has 0 radical (unpaired) electrons. The van der Waals surface area contributed by atoms with Gasteiger partial charge >= 0.3 is 0 Å². The maximum absolute atomic E-state index is 12.6. The van der Waals surface area contributed by atoms with Crippen LogP contribution in [0.1, 0.15) is 10.5 Å². The lowest BCUT2D eigenvalue weighted by molar-refractivity contribution is 0.0658. The number of hydrogen-bond donors (Lipinski definition) is 1. The van der Waals surface area contributed by atoms with E-state index in [1.807, 2.05) is 11.0 Å². The summed E-state index contributed by atoms with van der Waals surface area (Å²) in [5.74, 6) is 1.52. The van der Waals surface area contributed by atoms with Gasteiger partial charge in [0.15, 0.2) is 11.5 Å². The summed E-state index contributed by atoms with van der Waals surface area (Å²) in [5, 5.41) is 3.10. The first-order valence-corrected chi connectivity index (χ1v) is 8.40. The van der Waals surface area contributed by atoms with Crippen LogP contribution < -0.4 is 14.8 Å². The number of benzene rings is 1. The minimum Gasteiger partial charge on any atom is -0.493 e. The van der Waals surface area contributed by atoms with Crippen LogP contribution in [0.25, 0.3) is 0 Å². The number of anilines is 2. The number of ether oxygens (including phenoxy) is 2. The number of aromatic nitrogens is 2. The van der Waals surface area contributed by atoms with Gasteiger partial charge in [-0.25, -0.2) is 9.97 Å². The zero-order chi connectivity index (χ0) is 18.5. The largest absolute Gasteiger partial charge is 0.493 e. The predicted molar refractivity (Wildman–Crippen MR) is 98.3 cm³/mol. The van der Waals surface area contributed by atoms with Gasteiger partial charge < -0.3 is 24.6 Å². The number of hydrogen-bond acceptors (Lipinski definition) is 7. The van der Waals surface area contributed by atoms with Gasteiger partial charge in [-0.1, -0.05) is 0 Å². The highest BCUT2D eigenvalue weighted by molar-refractivity contribution is 5.92. The Morgan fingerprint density at radius 2 is 1.81 bits per heavy atom. The van der Waals surface area contributed by atoms with Gasteiger partial charge in [-0.05, 0) is 25.2 Å². The number of carbonyl (C=O) groups excluding carboxylic acids is 1. The van der Waals surface area contributed by atoms with E-state index in [1.54, 1.807) is 38.6 Å². The molecular formula is C18H23N5O3. The lowest BCUT2D eigenvalue weighted by Crippen LogP contribution is -2.47. The molecule has 0 bridgehead atoms. The highest BCUT2D eigenvalue weighted by Gasteiger charge is 2.21. The molecular weight excluding hydrogens is 334 g/mol. The molecule has 1 aliphatic heterocycles. The molecule has 1 saturated heterocycles. The lowest BCUT2D eigenvalue weighted by Gasteiger charge is -2.32. The molecule has 1 aliphatic rings. The molecule has 0 aliphatic carbocycles. The molecule has 8 nitrogen and oxygen atoms in total. The first-order valence-electron chi connectivity index (χ1n) is 8.40. The van der Waals surface area contributed by atoms with Crippen LogP contribution in [-0.2, 0) is 0 Å². The number of piperazine rings is 1. The van der Waals surface area contributed by atoms with Crippen molar-refractivity contribution in [3.63, 3.8) is 0 Å². The summed E-state index contributed by atoms with van der Waals surface area (Å²) in [6, 6.07) is 7.05. The van der Waals surface area contributed by atoms with Crippen LogP contribution in [0.15, 0.2) is 30.5 Å². The number of methoxy groups -OCH3 is 2. The van der Waals surface area contributed by atoms with E-state index >= 15 is 0 Å². The van der Waals surface area contributed by atoms with Crippen molar-refractivity contribution in [2.75, 3.05) is 52.8 Å². The Morgan fingerprint density at radius 1 is 1.08 bits per heavy atom. The fraction of sp³-hybridized carbons (Fsp3) is 0.389. The second kappa shape index (κ2) is 8.01. The second-order valence-electron chi connectivity index (χ2n) is 6.06. The summed E-state index contributed by atoms with van der Waals surface area (Å²) in [5.41, 5.74) is 1.12. The molecule has 0 unspecified atom stereocenters. The maximum Gasteiger partial charge on any atom is 0.272 e. The van der Waals surface area contributed by atoms with Crippen LogP contribution >= 0.6 is 0 Å². The van der Waals surface area contributed by atoms with Crippen molar-refractivity contribution in [3.05, 3.63) is 36.2 Å². The average molecular weight is 357 g/mol. The molecule has 8 heteroatoms. The molecule has 138 valence electrons. The summed E-state index contributed by atoms with van der Waals surface area (Å²) >= 11 is 0. The molecule has 3 rings (SSSR count). The Labute approximate surface area is 152 Å². The number of nitrogens with zero attached hydrogens (tertiary/aromatic N) is 4. The van der Waals surface area contributed by atoms with Crippen molar-refractivity contribution in [2.45, 2.75) is 0 Å². The highest BCUT2D eigenvalue weighted by atomic mass is 16.5. The van der Waals surface area contributed by atoms with E-state index < -0.39 is 0 Å². The topological polar surface area (TPSA) is 79.8 Å². The Balaban J connectivity index is 1.74. The number of carbonyl (C=O) groups is 1. The molecule has 26 heavy (non-hydrogen) atoms. The average Bonchev–Trinajstić information content (AvgIpc) is 2.68. The Morgan fingerprint density at radius 3 is 2.50 bits per heavy atom. The molecule has 2 aromatic rings. The van der Waals surface area contributed by atoms with Crippen LogP contribution in [0.3, 0.4) is 0 Å². The van der Waals surface area contributed by atoms with Gasteiger partial charge in [-0.3, -0.25) is 4.79 Å². The zero-order valence-electron chi connectivity index (χ0n) is 15.2. The van der Waals surface area contributed by atoms with Crippen molar-refractivity contribution in [1.29, 1.82) is 0 Å². The minimum atomic E-state index is -0.0733. The van der Waals surface area contributed by atoms with Crippen molar-refractivity contribution in [3.8, 4) is 11.5 Å². The van der Waals surface area contributed by atoms with Crippen molar-refractivity contribution in [1.82, 2.24) is 19.8 Å². The van der Waals surface area contributed by atoms with Gasteiger partial charge in [0.2, 0.25) is 5.95 Å². The molecule has 2 heterocycles. The van der Waals surface area contributed by atoms with Gasteiger partial charge in [-0.2, -0.15) is 0 Å². The van der Waals surface area contributed by atoms with Crippen LogP contribution in [0.2, 0.25) is 0 Å². The Bertz CT molecular complexity index is 775. The fourth-order valence-corrected chi connectivity index (χ4v) is 2.75. The first kappa shape index (κ1) is 17.9. The van der Waals surface area contributed by atoms with E-state index in [1.165, 1.54) is 0 Å². The van der Waals surface area contributed by atoms with E-state index in [9.17, 15) is 4.79 Å². The van der Waals surface area contributed by atoms with Crippen LogP contribution in [-0.4, -0.2) is 73.1 Å². The maximum atomic E-state index is 12.6. The molecule has 1 fully saturated rings. The number of rotatable bonds is 5. The normalized spacial score (nSPS) is 14.8. The first-order chi connectivity index (χ1) is 12.6. The van der Waals surface area contributed by atoms with Gasteiger partial charge in [0.05, 0.1) is 14.2 Å². The molecule has 1 N–H and O–H groups in total. The van der Waals surface area contributed by atoms with Crippen molar-refractivity contribution < 1.29 is 14.3 Å². The van der Waals surface area contributed by atoms with Gasteiger partial charge in [-0.15, -0.1) is 0 Å². The van der Waals surface area contributed by atoms with Gasteiger partial charge in [0.1, 0.15) is 5.69 Å². The molecule has 1 aromatic carbocycles. The summed E-state index contributed by atoms with van der Waals surface area (Å²) in [6.07, 6.45) is 1.58. The number of nitrogens with one attached hydrogen (secondary N) is 1. The van der Waals surface area contributed by atoms with Crippen LogP contribution in [0, 0.1) is 0 Å². The Hall–Kier alpha value is -2.87. The predicted octanol–water partition coefficient (Wildman–Crippen LogP) is 1.62. The van der Waals surface area contributed by atoms with Gasteiger partial charge in [0, 0.05) is 44.1 Å². The van der Waals surface area contributed by atoms with E-state index in [2.05, 4.69) is 27.2 Å². The molecule has 0 saturated carbocycles. The summed E-state index contributed by atoms with van der Waals surface area (Å²) < 4.78 is 10.5. The van der Waals surface area contributed by atoms with Crippen LogP contribution in [0.5, 0.6) is 11.5 Å². The zero-order valence-corrected chi connectivity index (χ0v) is 15.2. The molecule has 0 spiro atoms. The standard InChI is InChI=1S/C18H23N5O3/c1-22-8-10-23(11-9-22)17(24)14-6-7-19-18(21-14)20-13-4-5-15(25-2)16(12-13)26-3/h4-7,12H,8-11H2,1-3H3,(H,19,20,21). The summed E-state index contributed by atoms with van der Waals surface area (Å²) in [4.78, 5) is 25.2.